The highest BCUT2D eigenvalue weighted by Crippen LogP contribution is 2.33. The summed E-state index contributed by atoms with van der Waals surface area (Å²) in [4.78, 5) is 12.8. The van der Waals surface area contributed by atoms with Crippen LogP contribution < -0.4 is 20.5 Å². The van der Waals surface area contributed by atoms with Crippen LogP contribution in [-0.4, -0.2) is 21.4 Å². The zero-order chi connectivity index (χ0) is 22.0. The number of anilines is 2. The number of para-hydroxylation sites is 2. The number of methoxy groups -OCH3 is 1. The summed E-state index contributed by atoms with van der Waals surface area (Å²) in [6, 6.07) is 18.3. The number of sulfonamides is 1. The van der Waals surface area contributed by atoms with Gasteiger partial charge < -0.3 is 15.8 Å². The molecular formula is C23H23N3O4S. The minimum Gasteiger partial charge on any atom is -0.497 e. The van der Waals surface area contributed by atoms with E-state index in [9.17, 15) is 13.2 Å². The van der Waals surface area contributed by atoms with Crippen LogP contribution in [0.4, 0.5) is 11.4 Å². The molecule has 0 heterocycles. The molecule has 1 amide bonds. The molecule has 0 aliphatic heterocycles. The number of rotatable bonds is 6. The van der Waals surface area contributed by atoms with E-state index in [1.165, 1.54) is 19.2 Å². The Kier molecular flexibility index (Phi) is 5.67. The molecule has 0 fully saturated rings. The maximum Gasteiger partial charge on any atom is 0.255 e. The van der Waals surface area contributed by atoms with Crippen molar-refractivity contribution in [3.05, 3.63) is 83.4 Å². The highest BCUT2D eigenvalue weighted by molar-refractivity contribution is 7.89. The molecule has 8 heteroatoms. The van der Waals surface area contributed by atoms with Gasteiger partial charge in [-0.1, -0.05) is 18.2 Å². The average Bonchev–Trinajstić information content (AvgIpc) is 3.16. The second-order valence-corrected chi connectivity index (χ2v) is 9.06. The van der Waals surface area contributed by atoms with Gasteiger partial charge >= 0.3 is 0 Å². The number of hydrogen-bond acceptors (Lipinski definition) is 5. The predicted molar refractivity (Wildman–Crippen MR) is 120 cm³/mol. The third-order valence-electron chi connectivity index (χ3n) is 5.36. The largest absolute Gasteiger partial charge is 0.497 e. The van der Waals surface area contributed by atoms with Crippen molar-refractivity contribution in [3.8, 4) is 5.75 Å². The number of nitrogen functional groups attached to an aromatic ring is 1. The minimum absolute atomic E-state index is 0.179. The first-order chi connectivity index (χ1) is 14.9. The molecular weight excluding hydrogens is 414 g/mol. The normalized spacial score (nSPS) is 15.3. The number of aryl methyl sites for hydroxylation is 1. The second kappa shape index (κ2) is 8.41. The van der Waals surface area contributed by atoms with Gasteiger partial charge in [0.15, 0.2) is 0 Å². The van der Waals surface area contributed by atoms with Gasteiger partial charge in [0.05, 0.1) is 23.4 Å². The highest BCUT2D eigenvalue weighted by Gasteiger charge is 2.28. The van der Waals surface area contributed by atoms with E-state index in [1.807, 2.05) is 12.1 Å². The number of amides is 1. The van der Waals surface area contributed by atoms with Crippen molar-refractivity contribution in [2.75, 3.05) is 18.2 Å². The number of nitrogens with two attached hydrogens (primary N) is 1. The third-order valence-corrected chi connectivity index (χ3v) is 6.85. The van der Waals surface area contributed by atoms with E-state index in [-0.39, 0.29) is 16.8 Å². The molecule has 1 aliphatic carbocycles. The van der Waals surface area contributed by atoms with Crippen molar-refractivity contribution >= 4 is 27.3 Å². The molecule has 3 aromatic carbocycles. The lowest BCUT2D eigenvalue weighted by atomic mass is 10.0. The van der Waals surface area contributed by atoms with Gasteiger partial charge in [-0.2, -0.15) is 0 Å². The zero-order valence-corrected chi connectivity index (χ0v) is 17.8. The van der Waals surface area contributed by atoms with Crippen LogP contribution in [0.2, 0.25) is 0 Å². The fraction of sp³-hybridized carbons (Fsp3) is 0.174. The average molecular weight is 438 g/mol. The predicted octanol–water partition coefficient (Wildman–Crippen LogP) is 3.50. The van der Waals surface area contributed by atoms with Crippen LogP contribution in [-0.2, 0) is 16.4 Å². The van der Waals surface area contributed by atoms with Crippen LogP contribution in [0.25, 0.3) is 0 Å². The van der Waals surface area contributed by atoms with Crippen LogP contribution >= 0.6 is 0 Å². The summed E-state index contributed by atoms with van der Waals surface area (Å²) in [6.07, 6.45) is 1.31. The van der Waals surface area contributed by atoms with Gasteiger partial charge in [-0.25, -0.2) is 13.1 Å². The van der Waals surface area contributed by atoms with Crippen LogP contribution in [0.3, 0.4) is 0 Å². The molecule has 3 aromatic rings. The molecule has 0 bridgehead atoms. The standard InChI is InChI=1S/C23H23N3O4S/c1-30-17-8-10-18(11-9-17)31(28,29)26-21-13-7-15-14-16(6-12-19(15)21)23(27)25-22-5-3-2-4-20(22)24/h2-6,8-12,14,21,26H,7,13,24H2,1H3,(H,25,27). The quantitative estimate of drug-likeness (QED) is 0.511. The number of benzene rings is 3. The molecule has 4 rings (SSSR count). The summed E-state index contributed by atoms with van der Waals surface area (Å²) in [5.41, 5.74) is 9.27. The minimum atomic E-state index is -3.68. The van der Waals surface area contributed by atoms with Gasteiger partial charge in [-0.05, 0) is 72.5 Å². The fourth-order valence-electron chi connectivity index (χ4n) is 3.70. The lowest BCUT2D eigenvalue weighted by Gasteiger charge is -2.15. The van der Waals surface area contributed by atoms with Crippen molar-refractivity contribution in [1.29, 1.82) is 0 Å². The van der Waals surface area contributed by atoms with E-state index in [0.717, 1.165) is 11.1 Å². The molecule has 0 saturated carbocycles. The molecule has 0 aromatic heterocycles. The van der Waals surface area contributed by atoms with Crippen molar-refractivity contribution in [1.82, 2.24) is 4.72 Å². The summed E-state index contributed by atoms with van der Waals surface area (Å²) < 4.78 is 33.4. The number of carbonyl (C=O) groups is 1. The molecule has 0 spiro atoms. The number of fused-ring (bicyclic) bond motifs is 1. The summed E-state index contributed by atoms with van der Waals surface area (Å²) >= 11 is 0. The molecule has 4 N–H and O–H groups in total. The summed E-state index contributed by atoms with van der Waals surface area (Å²) in [6.45, 7) is 0. The molecule has 1 unspecified atom stereocenters. The smallest absolute Gasteiger partial charge is 0.255 e. The Morgan fingerprint density at radius 3 is 2.52 bits per heavy atom. The van der Waals surface area contributed by atoms with Crippen molar-refractivity contribution < 1.29 is 17.9 Å². The van der Waals surface area contributed by atoms with Gasteiger partial charge in [-0.3, -0.25) is 4.79 Å². The highest BCUT2D eigenvalue weighted by atomic mass is 32.2. The number of nitrogens with one attached hydrogen (secondary N) is 2. The van der Waals surface area contributed by atoms with E-state index >= 15 is 0 Å². The van der Waals surface area contributed by atoms with Gasteiger partial charge in [-0.15, -0.1) is 0 Å². The maximum atomic E-state index is 12.8. The van der Waals surface area contributed by atoms with Crippen molar-refractivity contribution in [2.24, 2.45) is 0 Å². The molecule has 31 heavy (non-hydrogen) atoms. The fourth-order valence-corrected chi connectivity index (χ4v) is 4.95. The Balaban J connectivity index is 1.50. The van der Waals surface area contributed by atoms with Crippen molar-refractivity contribution in [2.45, 2.75) is 23.8 Å². The Hall–Kier alpha value is -3.36. The maximum absolute atomic E-state index is 12.8. The topological polar surface area (TPSA) is 111 Å². The van der Waals surface area contributed by atoms with Gasteiger partial charge in [0.1, 0.15) is 5.75 Å². The Morgan fingerprint density at radius 1 is 1.06 bits per heavy atom. The first-order valence-corrected chi connectivity index (χ1v) is 11.3. The van der Waals surface area contributed by atoms with E-state index in [1.54, 1.807) is 42.5 Å². The Labute approximate surface area is 181 Å². The molecule has 1 aliphatic rings. The zero-order valence-electron chi connectivity index (χ0n) is 17.0. The number of carbonyl (C=O) groups excluding carboxylic acids is 1. The lowest BCUT2D eigenvalue weighted by molar-refractivity contribution is 0.102. The Bertz CT molecular complexity index is 1220. The third kappa shape index (κ3) is 4.40. The van der Waals surface area contributed by atoms with Crippen LogP contribution in [0.5, 0.6) is 5.75 Å². The molecule has 1 atom stereocenters. The van der Waals surface area contributed by atoms with E-state index in [4.69, 9.17) is 10.5 Å². The Morgan fingerprint density at radius 2 is 1.81 bits per heavy atom. The monoisotopic (exact) mass is 437 g/mol. The van der Waals surface area contributed by atoms with E-state index in [2.05, 4.69) is 10.0 Å². The molecule has 160 valence electrons. The number of hydrogen-bond donors (Lipinski definition) is 3. The molecule has 7 nitrogen and oxygen atoms in total. The van der Waals surface area contributed by atoms with Gasteiger partial charge in [0.2, 0.25) is 10.0 Å². The molecule has 0 radical (unpaired) electrons. The SMILES string of the molecule is COc1ccc(S(=O)(=O)NC2CCc3cc(C(=O)Nc4ccccc4N)ccc32)cc1. The van der Waals surface area contributed by atoms with E-state index < -0.39 is 10.0 Å². The van der Waals surface area contributed by atoms with Gasteiger partial charge in [0, 0.05) is 11.6 Å². The second-order valence-electron chi connectivity index (χ2n) is 7.34. The first kappa shape index (κ1) is 20.9. The number of ether oxygens (including phenoxy) is 1. The summed E-state index contributed by atoms with van der Waals surface area (Å²) in [5, 5.41) is 2.81. The van der Waals surface area contributed by atoms with Crippen LogP contribution in [0.1, 0.15) is 33.9 Å². The van der Waals surface area contributed by atoms with Crippen LogP contribution in [0.15, 0.2) is 71.6 Å². The first-order valence-electron chi connectivity index (χ1n) is 9.82. The summed E-state index contributed by atoms with van der Waals surface area (Å²) in [5.74, 6) is 0.330. The van der Waals surface area contributed by atoms with Gasteiger partial charge in [0.25, 0.3) is 5.91 Å². The molecule has 0 saturated heterocycles. The van der Waals surface area contributed by atoms with Crippen molar-refractivity contribution in [3.63, 3.8) is 0 Å². The lowest BCUT2D eigenvalue weighted by Crippen LogP contribution is -2.27. The summed E-state index contributed by atoms with van der Waals surface area (Å²) in [7, 11) is -2.15. The van der Waals surface area contributed by atoms with Crippen LogP contribution in [0, 0.1) is 0 Å². The van der Waals surface area contributed by atoms with E-state index in [0.29, 0.717) is 35.5 Å².